The van der Waals surface area contributed by atoms with Gasteiger partial charge in [-0.15, -0.1) is 0 Å². The molecule has 1 rings (SSSR count). The molecule has 0 N–H and O–H groups in total. The van der Waals surface area contributed by atoms with Gasteiger partial charge in [0.05, 0.1) is 19.1 Å². The molecule has 0 saturated carbocycles. The van der Waals surface area contributed by atoms with E-state index < -0.39 is 0 Å². The first kappa shape index (κ1) is 12.8. The van der Waals surface area contributed by atoms with Crippen molar-refractivity contribution in [3.8, 4) is 0 Å². The molecule has 0 bridgehead atoms. The summed E-state index contributed by atoms with van der Waals surface area (Å²) in [5.41, 5.74) is 0. The third-order valence-corrected chi connectivity index (χ3v) is 2.54. The third-order valence-electron chi connectivity index (χ3n) is 2.54. The molecular weight excluding hydrogens is 210 g/mol. The molecule has 0 aromatic rings. The molecule has 5 heteroatoms. The van der Waals surface area contributed by atoms with E-state index in [9.17, 15) is 9.59 Å². The predicted octanol–water partition coefficient (Wildman–Crippen LogP) is 1.42. The van der Waals surface area contributed by atoms with Crippen LogP contribution in [0.2, 0.25) is 0 Å². The van der Waals surface area contributed by atoms with E-state index in [4.69, 9.17) is 4.74 Å². The fraction of sp³-hybridized carbons (Fsp3) is 0.818. The van der Waals surface area contributed by atoms with E-state index in [1.165, 1.54) is 7.11 Å². The fourth-order valence-electron chi connectivity index (χ4n) is 1.79. The Labute approximate surface area is 95.7 Å². The molecule has 5 nitrogen and oxygen atoms in total. The average molecular weight is 229 g/mol. The van der Waals surface area contributed by atoms with Crippen molar-refractivity contribution >= 4 is 12.1 Å². The summed E-state index contributed by atoms with van der Waals surface area (Å²) in [6.07, 6.45) is 1.11. The van der Waals surface area contributed by atoms with E-state index in [0.29, 0.717) is 13.1 Å². The van der Waals surface area contributed by atoms with Gasteiger partial charge in [-0.3, -0.25) is 4.79 Å². The predicted molar refractivity (Wildman–Crippen MR) is 57.9 cm³/mol. The zero-order valence-corrected chi connectivity index (χ0v) is 10.1. The van der Waals surface area contributed by atoms with Crippen LogP contribution in [0.5, 0.6) is 0 Å². The van der Waals surface area contributed by atoms with Crippen molar-refractivity contribution in [2.24, 2.45) is 5.92 Å². The quantitative estimate of drug-likeness (QED) is 0.672. The van der Waals surface area contributed by atoms with E-state index in [1.54, 1.807) is 4.90 Å². The Morgan fingerprint density at radius 2 is 2.06 bits per heavy atom. The first-order valence-electron chi connectivity index (χ1n) is 5.58. The Kier molecular flexibility index (Phi) is 4.58. The number of carbonyl (C=O) groups is 2. The summed E-state index contributed by atoms with van der Waals surface area (Å²) in [5.74, 6) is -0.432. The highest BCUT2D eigenvalue weighted by atomic mass is 16.5. The number of hydrogen-bond acceptors (Lipinski definition) is 4. The molecule has 16 heavy (non-hydrogen) atoms. The molecule has 0 aromatic heterocycles. The van der Waals surface area contributed by atoms with Crippen molar-refractivity contribution in [3.05, 3.63) is 0 Å². The van der Waals surface area contributed by atoms with Crippen LogP contribution in [0.4, 0.5) is 4.79 Å². The topological polar surface area (TPSA) is 55.8 Å². The van der Waals surface area contributed by atoms with Crippen LogP contribution in [0.25, 0.3) is 0 Å². The summed E-state index contributed by atoms with van der Waals surface area (Å²) < 4.78 is 9.77. The summed E-state index contributed by atoms with van der Waals surface area (Å²) in [7, 11) is 1.35. The second-order valence-electron chi connectivity index (χ2n) is 4.24. The molecule has 1 amide bonds. The molecule has 1 aliphatic heterocycles. The Hall–Kier alpha value is -1.26. The number of ether oxygens (including phenoxy) is 2. The first-order chi connectivity index (χ1) is 7.54. The number of piperidine rings is 1. The van der Waals surface area contributed by atoms with Crippen LogP contribution >= 0.6 is 0 Å². The maximum atomic E-state index is 11.7. The number of methoxy groups -OCH3 is 1. The van der Waals surface area contributed by atoms with Crippen LogP contribution in [-0.4, -0.2) is 43.3 Å². The minimum atomic E-state index is -0.373. The van der Waals surface area contributed by atoms with Crippen LogP contribution in [-0.2, 0) is 14.3 Å². The lowest BCUT2D eigenvalue weighted by atomic mass is 9.98. The minimum absolute atomic E-state index is 0.110. The second kappa shape index (κ2) is 5.72. The number of likely N-dealkylation sites (tertiary alicyclic amines) is 1. The molecule has 1 aliphatic rings. The molecule has 0 aliphatic carbocycles. The van der Waals surface area contributed by atoms with Gasteiger partial charge in [0.2, 0.25) is 0 Å². The molecule has 1 saturated heterocycles. The van der Waals surface area contributed by atoms with Crippen LogP contribution in [0.15, 0.2) is 0 Å². The van der Waals surface area contributed by atoms with Crippen LogP contribution < -0.4 is 0 Å². The van der Waals surface area contributed by atoms with Gasteiger partial charge < -0.3 is 14.4 Å². The smallest absolute Gasteiger partial charge is 0.409 e. The Bertz CT molecular complexity index is 265. The summed E-state index contributed by atoms with van der Waals surface area (Å²) in [4.78, 5) is 24.5. The number of hydrogen-bond donors (Lipinski definition) is 0. The van der Waals surface area contributed by atoms with Gasteiger partial charge in [0.25, 0.3) is 0 Å². The molecule has 1 atom stereocenters. The van der Waals surface area contributed by atoms with E-state index in [1.807, 2.05) is 13.8 Å². The Morgan fingerprint density at radius 1 is 1.38 bits per heavy atom. The number of nitrogens with zero attached hydrogens (tertiary/aromatic N) is 1. The lowest BCUT2D eigenvalue weighted by Crippen LogP contribution is -2.43. The highest BCUT2D eigenvalue weighted by molar-refractivity contribution is 5.74. The summed E-state index contributed by atoms with van der Waals surface area (Å²) >= 11 is 0. The molecule has 0 aromatic carbocycles. The average Bonchev–Trinajstić information content (AvgIpc) is 2.27. The van der Waals surface area contributed by atoms with Gasteiger partial charge in [-0.2, -0.15) is 0 Å². The molecule has 92 valence electrons. The van der Waals surface area contributed by atoms with E-state index in [-0.39, 0.29) is 24.1 Å². The lowest BCUT2D eigenvalue weighted by Gasteiger charge is -2.30. The maximum absolute atomic E-state index is 11.7. The largest absolute Gasteiger partial charge is 0.463 e. The summed E-state index contributed by atoms with van der Waals surface area (Å²) in [5, 5.41) is 0. The van der Waals surface area contributed by atoms with Gasteiger partial charge in [-0.25, -0.2) is 4.79 Å². The van der Waals surface area contributed by atoms with Gasteiger partial charge >= 0.3 is 12.1 Å². The van der Waals surface area contributed by atoms with Crippen molar-refractivity contribution < 1.29 is 19.1 Å². The third kappa shape index (κ3) is 3.40. The highest BCUT2D eigenvalue weighted by Gasteiger charge is 2.30. The summed E-state index contributed by atoms with van der Waals surface area (Å²) in [6, 6.07) is 0. The molecule has 1 fully saturated rings. The van der Waals surface area contributed by atoms with E-state index >= 15 is 0 Å². The normalized spacial score (nSPS) is 20.8. The standard InChI is InChI=1S/C11H19NO4/c1-8(2)16-10(13)9-5-4-6-12(7-9)11(14)15-3/h8-9H,4-7H2,1-3H3. The van der Waals surface area contributed by atoms with Gasteiger partial charge in [0.1, 0.15) is 0 Å². The fourth-order valence-corrected chi connectivity index (χ4v) is 1.79. The van der Waals surface area contributed by atoms with Gasteiger partial charge in [0.15, 0.2) is 0 Å². The van der Waals surface area contributed by atoms with Crippen LogP contribution in [0.1, 0.15) is 26.7 Å². The lowest BCUT2D eigenvalue weighted by molar-refractivity contribution is -0.154. The first-order valence-corrected chi connectivity index (χ1v) is 5.58. The minimum Gasteiger partial charge on any atom is -0.463 e. The molecule has 0 radical (unpaired) electrons. The van der Waals surface area contributed by atoms with Crippen molar-refractivity contribution in [1.29, 1.82) is 0 Å². The van der Waals surface area contributed by atoms with Crippen molar-refractivity contribution in [3.63, 3.8) is 0 Å². The summed E-state index contributed by atoms with van der Waals surface area (Å²) in [6.45, 7) is 4.69. The Morgan fingerprint density at radius 3 is 2.62 bits per heavy atom. The van der Waals surface area contributed by atoms with E-state index in [0.717, 1.165) is 12.8 Å². The zero-order valence-electron chi connectivity index (χ0n) is 10.1. The monoisotopic (exact) mass is 229 g/mol. The molecule has 0 spiro atoms. The van der Waals surface area contributed by atoms with Crippen LogP contribution in [0, 0.1) is 5.92 Å². The van der Waals surface area contributed by atoms with Crippen molar-refractivity contribution in [2.75, 3.05) is 20.2 Å². The highest BCUT2D eigenvalue weighted by Crippen LogP contribution is 2.18. The van der Waals surface area contributed by atoms with Gasteiger partial charge in [-0.05, 0) is 26.7 Å². The maximum Gasteiger partial charge on any atom is 0.409 e. The van der Waals surface area contributed by atoms with Gasteiger partial charge in [-0.1, -0.05) is 0 Å². The van der Waals surface area contributed by atoms with Crippen molar-refractivity contribution in [2.45, 2.75) is 32.8 Å². The Balaban J connectivity index is 2.50. The number of esters is 1. The van der Waals surface area contributed by atoms with Crippen LogP contribution in [0.3, 0.4) is 0 Å². The van der Waals surface area contributed by atoms with E-state index in [2.05, 4.69) is 4.74 Å². The SMILES string of the molecule is COC(=O)N1CCCC(C(=O)OC(C)C)C1. The number of amides is 1. The second-order valence-corrected chi connectivity index (χ2v) is 4.24. The molecule has 1 heterocycles. The molecular formula is C11H19NO4. The molecule has 1 unspecified atom stereocenters. The number of carbonyl (C=O) groups excluding carboxylic acids is 2. The van der Waals surface area contributed by atoms with Crippen molar-refractivity contribution in [1.82, 2.24) is 4.90 Å². The zero-order chi connectivity index (χ0) is 12.1. The number of rotatable bonds is 2. The van der Waals surface area contributed by atoms with Gasteiger partial charge in [0, 0.05) is 13.1 Å².